The average Bonchev–Trinajstić information content (AvgIpc) is 2.82. The molecule has 186 valence electrons. The molecule has 2 aliphatic heterocycles. The molecule has 1 saturated carbocycles. The molecule has 1 saturated heterocycles. The first-order valence-electron chi connectivity index (χ1n) is 12.7. The number of hydrogen-bond acceptors (Lipinski definition) is 7. The first kappa shape index (κ1) is 23.7. The number of aliphatic hydroxyl groups is 1. The van der Waals surface area contributed by atoms with E-state index < -0.39 is 11.7 Å². The van der Waals surface area contributed by atoms with Gasteiger partial charge in [-0.05, 0) is 76.7 Å². The van der Waals surface area contributed by atoms with Gasteiger partial charge >= 0.3 is 0 Å². The minimum Gasteiger partial charge on any atom is -0.463 e. The number of nitrogen functional groups attached to an aromatic ring is 1. The number of fused-ring (bicyclic) bond motifs is 1. The fourth-order valence-electron chi connectivity index (χ4n) is 5.69. The molecular formula is C27H35N5O3. The Balaban J connectivity index is 1.26. The van der Waals surface area contributed by atoms with Crippen molar-refractivity contribution in [3.63, 3.8) is 0 Å². The van der Waals surface area contributed by atoms with Crippen molar-refractivity contribution >= 4 is 23.1 Å². The number of nitrogens with two attached hydrogens (primary N) is 1. The van der Waals surface area contributed by atoms with Gasteiger partial charge in [0.05, 0.1) is 5.71 Å². The molecule has 3 heterocycles. The summed E-state index contributed by atoms with van der Waals surface area (Å²) in [4.78, 5) is 27.5. The molecule has 0 spiro atoms. The van der Waals surface area contributed by atoms with Crippen molar-refractivity contribution in [2.75, 3.05) is 18.8 Å². The van der Waals surface area contributed by atoms with E-state index in [1.807, 2.05) is 18.7 Å². The highest BCUT2D eigenvalue weighted by Crippen LogP contribution is 2.40. The van der Waals surface area contributed by atoms with Gasteiger partial charge in [0.1, 0.15) is 17.5 Å². The van der Waals surface area contributed by atoms with Gasteiger partial charge in [-0.25, -0.2) is 9.98 Å². The summed E-state index contributed by atoms with van der Waals surface area (Å²) in [5.74, 6) is 2.28. The molecule has 3 N–H and O–H groups in total. The van der Waals surface area contributed by atoms with Crippen LogP contribution in [0.4, 0.5) is 11.5 Å². The van der Waals surface area contributed by atoms with Crippen LogP contribution in [0.25, 0.3) is 0 Å². The van der Waals surface area contributed by atoms with Crippen LogP contribution in [0.1, 0.15) is 75.2 Å². The fourth-order valence-corrected chi connectivity index (χ4v) is 5.69. The third-order valence-electron chi connectivity index (χ3n) is 7.62. The number of ether oxygens (including phenoxy) is 1. The number of aliphatic imine (C=N–C) groups is 1. The van der Waals surface area contributed by atoms with Crippen LogP contribution in [-0.4, -0.2) is 56.4 Å². The van der Waals surface area contributed by atoms with Crippen molar-refractivity contribution in [2.24, 2.45) is 10.9 Å². The molecule has 35 heavy (non-hydrogen) atoms. The van der Waals surface area contributed by atoms with Crippen molar-refractivity contribution in [1.82, 2.24) is 14.9 Å². The predicted octanol–water partition coefficient (Wildman–Crippen LogP) is 3.92. The van der Waals surface area contributed by atoms with Crippen LogP contribution in [0.3, 0.4) is 0 Å². The Kier molecular flexibility index (Phi) is 6.25. The zero-order valence-electron chi connectivity index (χ0n) is 20.8. The third-order valence-corrected chi connectivity index (χ3v) is 7.62. The number of carbonyl (C=O) groups excluding carboxylic acids is 1. The van der Waals surface area contributed by atoms with Gasteiger partial charge in [-0.1, -0.05) is 24.3 Å². The number of benzene rings is 1. The number of aromatic nitrogens is 2. The largest absolute Gasteiger partial charge is 0.463 e. The minimum absolute atomic E-state index is 0.0856. The highest BCUT2D eigenvalue weighted by atomic mass is 16.5. The van der Waals surface area contributed by atoms with E-state index in [1.165, 1.54) is 5.56 Å². The molecule has 8 nitrogen and oxygen atoms in total. The predicted molar refractivity (Wildman–Crippen MR) is 135 cm³/mol. The molecule has 5 rings (SSSR count). The quantitative estimate of drug-likeness (QED) is 0.690. The molecule has 3 aliphatic rings. The SMILES string of the molecule is Cc1nc(N)c2c(n1)OC(C)(C)C(c1ccc([C@H]3CC[C@H](CN4CCCC(O)C4=O)CC3)cc1)=N2. The van der Waals surface area contributed by atoms with E-state index in [0.29, 0.717) is 41.5 Å². The lowest BCUT2D eigenvalue weighted by Crippen LogP contribution is -2.46. The second-order valence-electron chi connectivity index (χ2n) is 10.7. The summed E-state index contributed by atoms with van der Waals surface area (Å²) in [6.45, 7) is 7.33. The van der Waals surface area contributed by atoms with E-state index in [0.717, 1.165) is 56.5 Å². The lowest BCUT2D eigenvalue weighted by molar-refractivity contribution is -0.144. The van der Waals surface area contributed by atoms with E-state index in [1.54, 1.807) is 6.92 Å². The summed E-state index contributed by atoms with van der Waals surface area (Å²) in [5, 5.41) is 9.87. The first-order chi connectivity index (χ1) is 16.7. The van der Waals surface area contributed by atoms with Gasteiger partial charge in [0, 0.05) is 18.7 Å². The first-order valence-corrected chi connectivity index (χ1v) is 12.7. The number of anilines is 1. The number of rotatable bonds is 4. The number of amides is 1. The number of carbonyl (C=O) groups is 1. The second-order valence-corrected chi connectivity index (χ2v) is 10.7. The molecular weight excluding hydrogens is 442 g/mol. The Bertz CT molecular complexity index is 1140. The van der Waals surface area contributed by atoms with Crippen molar-refractivity contribution in [3.8, 4) is 5.88 Å². The van der Waals surface area contributed by atoms with Crippen LogP contribution < -0.4 is 10.5 Å². The van der Waals surface area contributed by atoms with E-state index in [2.05, 4.69) is 34.2 Å². The van der Waals surface area contributed by atoms with Crippen molar-refractivity contribution < 1.29 is 14.6 Å². The Hall–Kier alpha value is -3.00. The van der Waals surface area contributed by atoms with Crippen molar-refractivity contribution in [2.45, 2.75) is 76.9 Å². The fraction of sp³-hybridized carbons (Fsp3) is 0.556. The summed E-state index contributed by atoms with van der Waals surface area (Å²) in [7, 11) is 0. The van der Waals surface area contributed by atoms with E-state index >= 15 is 0 Å². The van der Waals surface area contributed by atoms with Gasteiger partial charge in [-0.15, -0.1) is 0 Å². The number of aliphatic hydroxyl groups excluding tert-OH is 1. The number of piperidine rings is 1. The highest BCUT2D eigenvalue weighted by Gasteiger charge is 2.36. The molecule has 1 amide bonds. The van der Waals surface area contributed by atoms with Gasteiger partial charge in [-0.3, -0.25) is 4.79 Å². The summed E-state index contributed by atoms with van der Waals surface area (Å²) >= 11 is 0. The Morgan fingerprint density at radius 2 is 1.83 bits per heavy atom. The topological polar surface area (TPSA) is 114 Å². The van der Waals surface area contributed by atoms with Crippen LogP contribution in [0.15, 0.2) is 29.3 Å². The maximum absolute atomic E-state index is 12.2. The maximum Gasteiger partial charge on any atom is 0.251 e. The standard InChI is InChI=1S/C27H35N5O3/c1-16-29-24(28)22-25(30-16)35-27(2,3)23(31-22)20-12-10-19(11-13-20)18-8-6-17(7-9-18)15-32-14-4-5-21(33)26(32)34/h10-13,17-18,21,33H,4-9,14-15H2,1-3H3,(H2,28,29,30)/t17-,18-,21?. The van der Waals surface area contributed by atoms with Crippen LogP contribution >= 0.6 is 0 Å². The Labute approximate surface area is 206 Å². The van der Waals surface area contributed by atoms with E-state index in [4.69, 9.17) is 15.5 Å². The summed E-state index contributed by atoms with van der Waals surface area (Å²) in [6.07, 6.45) is 5.14. The van der Waals surface area contributed by atoms with Crippen LogP contribution in [0.5, 0.6) is 5.88 Å². The van der Waals surface area contributed by atoms with Gasteiger partial charge in [0.15, 0.2) is 11.5 Å². The molecule has 8 heteroatoms. The van der Waals surface area contributed by atoms with Gasteiger partial charge < -0.3 is 20.5 Å². The normalized spacial score (nSPS) is 26.1. The smallest absolute Gasteiger partial charge is 0.251 e. The summed E-state index contributed by atoms with van der Waals surface area (Å²) < 4.78 is 6.18. The minimum atomic E-state index is -0.802. The molecule has 2 aromatic rings. The van der Waals surface area contributed by atoms with Crippen LogP contribution in [-0.2, 0) is 4.79 Å². The van der Waals surface area contributed by atoms with Crippen molar-refractivity contribution in [1.29, 1.82) is 0 Å². The second kappa shape index (κ2) is 9.22. The van der Waals surface area contributed by atoms with Gasteiger partial charge in [-0.2, -0.15) is 4.98 Å². The number of likely N-dealkylation sites (tertiary alicyclic amines) is 1. The molecule has 0 bridgehead atoms. The van der Waals surface area contributed by atoms with Gasteiger partial charge in [0.25, 0.3) is 5.91 Å². The molecule has 1 aliphatic carbocycles. The maximum atomic E-state index is 12.2. The zero-order chi connectivity index (χ0) is 24.7. The third kappa shape index (κ3) is 4.76. The molecule has 1 atom stereocenters. The summed E-state index contributed by atoms with van der Waals surface area (Å²) in [5.41, 5.74) is 9.11. The molecule has 0 radical (unpaired) electrons. The lowest BCUT2D eigenvalue weighted by atomic mass is 9.78. The molecule has 1 aromatic carbocycles. The van der Waals surface area contributed by atoms with Crippen LogP contribution in [0, 0.1) is 12.8 Å². The number of nitrogens with zero attached hydrogens (tertiary/aromatic N) is 4. The monoisotopic (exact) mass is 477 g/mol. The van der Waals surface area contributed by atoms with Crippen molar-refractivity contribution in [3.05, 3.63) is 41.2 Å². The van der Waals surface area contributed by atoms with Gasteiger partial charge in [0.2, 0.25) is 5.88 Å². The Morgan fingerprint density at radius 3 is 2.54 bits per heavy atom. The zero-order valence-corrected chi connectivity index (χ0v) is 20.8. The average molecular weight is 478 g/mol. The van der Waals surface area contributed by atoms with E-state index in [9.17, 15) is 9.90 Å². The number of hydrogen-bond donors (Lipinski definition) is 2. The lowest BCUT2D eigenvalue weighted by Gasteiger charge is -2.36. The summed E-state index contributed by atoms with van der Waals surface area (Å²) in [6, 6.07) is 8.65. The molecule has 1 aromatic heterocycles. The number of aryl methyl sites for hydroxylation is 1. The molecule has 1 unspecified atom stereocenters. The Morgan fingerprint density at radius 1 is 1.11 bits per heavy atom. The molecule has 2 fully saturated rings. The van der Waals surface area contributed by atoms with Crippen LogP contribution in [0.2, 0.25) is 0 Å². The van der Waals surface area contributed by atoms with E-state index in [-0.39, 0.29) is 5.91 Å². The highest BCUT2D eigenvalue weighted by molar-refractivity contribution is 6.09.